The molecule has 0 amide bonds. The summed E-state index contributed by atoms with van der Waals surface area (Å²) in [6, 6.07) is 18.3. The minimum atomic E-state index is 0.672. The highest BCUT2D eigenvalue weighted by atomic mass is 79.9. The summed E-state index contributed by atoms with van der Waals surface area (Å²) >= 11 is 9.28. The maximum absolute atomic E-state index is 5.79. The lowest BCUT2D eigenvalue weighted by molar-refractivity contribution is 0.0210. The molecule has 5 nitrogen and oxygen atoms in total. The van der Waals surface area contributed by atoms with E-state index in [9.17, 15) is 0 Å². The maximum Gasteiger partial charge on any atom is 0.204 e. The van der Waals surface area contributed by atoms with E-state index in [0.717, 1.165) is 47.9 Å². The van der Waals surface area contributed by atoms with Crippen molar-refractivity contribution >= 4 is 28.1 Å². The van der Waals surface area contributed by atoms with Crippen LogP contribution < -0.4 is 0 Å². The molecule has 0 spiro atoms. The summed E-state index contributed by atoms with van der Waals surface area (Å²) in [6.07, 6.45) is 0. The third kappa shape index (κ3) is 3.66. The average Bonchev–Trinajstić information content (AvgIpc) is 3.00. The van der Waals surface area contributed by atoms with E-state index in [2.05, 4.69) is 45.1 Å². The Bertz CT molecular complexity index is 930. The first-order chi connectivity index (χ1) is 12.7. The van der Waals surface area contributed by atoms with Gasteiger partial charge >= 0.3 is 0 Å². The fourth-order valence-corrected chi connectivity index (χ4v) is 3.58. The quantitative estimate of drug-likeness (QED) is 0.583. The molecule has 1 saturated heterocycles. The summed E-state index contributed by atoms with van der Waals surface area (Å²) in [5.41, 5.74) is 2.05. The van der Waals surface area contributed by atoms with Crippen molar-refractivity contribution in [2.75, 3.05) is 26.3 Å². The van der Waals surface area contributed by atoms with E-state index < -0.39 is 0 Å². The Kier molecular flexibility index (Phi) is 5.31. The molecule has 0 bridgehead atoms. The molecule has 7 heteroatoms. The Morgan fingerprint density at radius 2 is 1.69 bits per heavy atom. The van der Waals surface area contributed by atoms with Crippen molar-refractivity contribution in [3.05, 3.63) is 63.8 Å². The molecule has 0 N–H and O–H groups in total. The third-order valence-corrected chi connectivity index (χ3v) is 5.32. The molecule has 0 atom stereocenters. The number of halogens is 1. The van der Waals surface area contributed by atoms with Gasteiger partial charge in [-0.15, -0.1) is 5.10 Å². The van der Waals surface area contributed by atoms with Crippen LogP contribution in [0.15, 0.2) is 59.1 Å². The molecular weight excluding hydrogens is 412 g/mol. The van der Waals surface area contributed by atoms with Crippen LogP contribution in [-0.2, 0) is 11.4 Å². The Morgan fingerprint density at radius 3 is 2.38 bits per heavy atom. The lowest BCUT2D eigenvalue weighted by atomic mass is 10.2. The zero-order chi connectivity index (χ0) is 17.9. The largest absolute Gasteiger partial charge is 0.379 e. The van der Waals surface area contributed by atoms with Crippen LogP contribution in [0.2, 0.25) is 0 Å². The smallest absolute Gasteiger partial charge is 0.204 e. The van der Waals surface area contributed by atoms with Crippen LogP contribution in [0.3, 0.4) is 0 Å². The maximum atomic E-state index is 5.79. The van der Waals surface area contributed by atoms with E-state index in [-0.39, 0.29) is 0 Å². The number of aromatic nitrogens is 3. The Labute approximate surface area is 166 Å². The second-order valence-corrected chi connectivity index (χ2v) is 7.44. The molecule has 2 aromatic carbocycles. The summed E-state index contributed by atoms with van der Waals surface area (Å²) in [5.74, 6) is 0.849. The molecule has 1 fully saturated rings. The molecule has 0 unspecified atom stereocenters. The van der Waals surface area contributed by atoms with Crippen LogP contribution >= 0.6 is 28.1 Å². The first-order valence-corrected chi connectivity index (χ1v) is 9.74. The number of morpholine rings is 1. The van der Waals surface area contributed by atoms with E-state index >= 15 is 0 Å². The first kappa shape index (κ1) is 17.6. The Hall–Kier alpha value is -1.80. The lowest BCUT2D eigenvalue weighted by Gasteiger charge is -2.26. The van der Waals surface area contributed by atoms with Gasteiger partial charge in [-0.1, -0.05) is 46.3 Å². The van der Waals surface area contributed by atoms with Gasteiger partial charge in [-0.25, -0.2) is 4.68 Å². The van der Waals surface area contributed by atoms with Crippen LogP contribution in [0, 0.1) is 4.77 Å². The topological polar surface area (TPSA) is 35.2 Å². The molecular formula is C19H19BrN4OS. The molecule has 2 heterocycles. The molecule has 134 valence electrons. The number of benzene rings is 2. The van der Waals surface area contributed by atoms with Gasteiger partial charge in [0.15, 0.2) is 5.82 Å². The van der Waals surface area contributed by atoms with Crippen molar-refractivity contribution < 1.29 is 4.74 Å². The summed E-state index contributed by atoms with van der Waals surface area (Å²) in [7, 11) is 0. The van der Waals surface area contributed by atoms with Crippen molar-refractivity contribution in [3.63, 3.8) is 0 Å². The van der Waals surface area contributed by atoms with Crippen LogP contribution in [-0.4, -0.2) is 45.6 Å². The van der Waals surface area contributed by atoms with Crippen LogP contribution in [0.5, 0.6) is 0 Å². The van der Waals surface area contributed by atoms with Gasteiger partial charge in [-0.2, -0.15) is 0 Å². The monoisotopic (exact) mass is 430 g/mol. The molecule has 0 aliphatic carbocycles. The normalized spacial score (nSPS) is 15.3. The Morgan fingerprint density at radius 1 is 1.00 bits per heavy atom. The SMILES string of the molecule is S=c1n(CN2CCOCC2)nc(-c2ccc(Br)cc2)n1-c1ccccc1. The van der Waals surface area contributed by atoms with E-state index in [4.69, 9.17) is 22.1 Å². The standard InChI is InChI=1S/C19H19BrN4OS/c20-16-8-6-15(7-9-16)18-21-23(14-22-10-12-25-13-11-22)19(26)24(18)17-4-2-1-3-5-17/h1-9H,10-14H2. The second kappa shape index (κ2) is 7.84. The molecule has 1 aliphatic rings. The first-order valence-electron chi connectivity index (χ1n) is 8.54. The lowest BCUT2D eigenvalue weighted by Crippen LogP contribution is -2.37. The molecule has 4 rings (SSSR count). The summed E-state index contributed by atoms with van der Waals surface area (Å²) in [6.45, 7) is 3.98. The predicted molar refractivity (Wildman–Crippen MR) is 108 cm³/mol. The predicted octanol–water partition coefficient (Wildman–Crippen LogP) is 4.12. The number of ether oxygens (including phenoxy) is 1. The second-order valence-electron chi connectivity index (χ2n) is 6.16. The van der Waals surface area contributed by atoms with Gasteiger partial charge < -0.3 is 4.74 Å². The van der Waals surface area contributed by atoms with Gasteiger partial charge in [-0.05, 0) is 36.5 Å². The molecule has 0 saturated carbocycles. The summed E-state index contributed by atoms with van der Waals surface area (Å²) < 4.78 is 11.1. The van der Waals surface area contributed by atoms with Gasteiger partial charge in [0.05, 0.1) is 19.9 Å². The highest BCUT2D eigenvalue weighted by Gasteiger charge is 2.17. The van der Waals surface area contributed by atoms with Crippen molar-refractivity contribution in [1.82, 2.24) is 19.2 Å². The molecule has 3 aromatic rings. The van der Waals surface area contributed by atoms with Gasteiger partial charge in [0.25, 0.3) is 0 Å². The van der Waals surface area contributed by atoms with Crippen LogP contribution in [0.25, 0.3) is 17.1 Å². The molecule has 1 aliphatic heterocycles. The number of hydrogen-bond acceptors (Lipinski definition) is 4. The van der Waals surface area contributed by atoms with Gasteiger partial charge in [0, 0.05) is 28.8 Å². The fraction of sp³-hybridized carbons (Fsp3) is 0.263. The van der Waals surface area contributed by atoms with Crippen LogP contribution in [0.4, 0.5) is 0 Å². The van der Waals surface area contributed by atoms with E-state index in [0.29, 0.717) is 11.4 Å². The van der Waals surface area contributed by atoms with E-state index in [1.54, 1.807) is 0 Å². The van der Waals surface area contributed by atoms with Crippen molar-refractivity contribution in [2.45, 2.75) is 6.67 Å². The number of nitrogens with zero attached hydrogens (tertiary/aromatic N) is 4. The van der Waals surface area contributed by atoms with Gasteiger partial charge in [0.1, 0.15) is 0 Å². The summed E-state index contributed by atoms with van der Waals surface area (Å²) in [5, 5.41) is 4.86. The molecule has 26 heavy (non-hydrogen) atoms. The number of hydrogen-bond donors (Lipinski definition) is 0. The molecule has 0 radical (unpaired) electrons. The van der Waals surface area contributed by atoms with E-state index in [1.165, 1.54) is 0 Å². The van der Waals surface area contributed by atoms with Crippen LogP contribution in [0.1, 0.15) is 0 Å². The Balaban J connectivity index is 1.79. The van der Waals surface area contributed by atoms with E-state index in [1.807, 2.05) is 39.6 Å². The zero-order valence-electron chi connectivity index (χ0n) is 14.2. The number of rotatable bonds is 4. The summed E-state index contributed by atoms with van der Waals surface area (Å²) in [4.78, 5) is 2.31. The molecule has 1 aromatic heterocycles. The highest BCUT2D eigenvalue weighted by molar-refractivity contribution is 9.10. The zero-order valence-corrected chi connectivity index (χ0v) is 16.6. The average molecular weight is 431 g/mol. The highest BCUT2D eigenvalue weighted by Crippen LogP contribution is 2.24. The van der Waals surface area contributed by atoms with Crippen molar-refractivity contribution in [1.29, 1.82) is 0 Å². The third-order valence-electron chi connectivity index (χ3n) is 4.39. The fourth-order valence-electron chi connectivity index (χ4n) is 3.03. The number of para-hydroxylation sites is 1. The van der Waals surface area contributed by atoms with Crippen molar-refractivity contribution in [3.8, 4) is 17.1 Å². The van der Waals surface area contributed by atoms with Gasteiger partial charge in [0.2, 0.25) is 4.77 Å². The van der Waals surface area contributed by atoms with Crippen molar-refractivity contribution in [2.24, 2.45) is 0 Å². The minimum absolute atomic E-state index is 0.672. The minimum Gasteiger partial charge on any atom is -0.379 e. The van der Waals surface area contributed by atoms with Gasteiger partial charge in [-0.3, -0.25) is 9.47 Å².